The Hall–Kier alpha value is -1.37. The number of carbonyl (C=O) groups is 1. The first-order chi connectivity index (χ1) is 7.39. The maximum atomic E-state index is 10.8. The number of thioether (sulfide) groups is 1. The van der Waals surface area contributed by atoms with Gasteiger partial charge in [-0.3, -0.25) is 0 Å². The summed E-state index contributed by atoms with van der Waals surface area (Å²) in [7, 11) is 0. The van der Waals surface area contributed by atoms with Crippen molar-refractivity contribution in [3.8, 4) is 0 Å². The number of carboxylic acid groups (broad SMARTS) is 1. The third-order valence-corrected chi connectivity index (χ3v) is 3.02. The van der Waals surface area contributed by atoms with E-state index < -0.39 is 5.97 Å². The molecule has 0 amide bonds. The van der Waals surface area contributed by atoms with Crippen LogP contribution >= 0.6 is 11.8 Å². The van der Waals surface area contributed by atoms with Gasteiger partial charge in [-0.1, -0.05) is 32.5 Å². The Morgan fingerprint density at radius 1 is 1.44 bits per heavy atom. The summed E-state index contributed by atoms with van der Waals surface area (Å²) in [6.45, 7) is 5.96. The second-order valence-electron chi connectivity index (χ2n) is 4.51. The van der Waals surface area contributed by atoms with Gasteiger partial charge in [0.05, 0.1) is 5.75 Å². The van der Waals surface area contributed by atoms with Gasteiger partial charge < -0.3 is 5.11 Å². The number of aliphatic carboxylic acids is 1. The molecule has 0 unspecified atom stereocenters. The van der Waals surface area contributed by atoms with Gasteiger partial charge in [0, 0.05) is 5.41 Å². The molecule has 0 fully saturated rings. The van der Waals surface area contributed by atoms with Crippen LogP contribution in [0.25, 0.3) is 0 Å². The van der Waals surface area contributed by atoms with Crippen molar-refractivity contribution in [2.45, 2.75) is 31.3 Å². The Bertz CT molecular complexity index is 472. The van der Waals surface area contributed by atoms with E-state index >= 15 is 0 Å². The Morgan fingerprint density at radius 3 is 2.69 bits per heavy atom. The molecule has 2 rings (SSSR count). The van der Waals surface area contributed by atoms with Gasteiger partial charge in [0.2, 0.25) is 5.16 Å². The molecule has 1 aliphatic heterocycles. The van der Waals surface area contributed by atoms with Crippen LogP contribution in [0.5, 0.6) is 0 Å². The van der Waals surface area contributed by atoms with E-state index in [-0.39, 0.29) is 11.1 Å². The molecule has 0 radical (unpaired) electrons. The molecule has 1 aromatic heterocycles. The first-order valence-corrected chi connectivity index (χ1v) is 5.78. The normalized spacial score (nSPS) is 15.6. The van der Waals surface area contributed by atoms with Gasteiger partial charge in [0.1, 0.15) is 0 Å². The van der Waals surface area contributed by atoms with Crippen LogP contribution in [0.2, 0.25) is 0 Å². The topological polar surface area (TPSA) is 80.4 Å². The quantitative estimate of drug-likeness (QED) is 0.791. The minimum absolute atomic E-state index is 0.128. The highest BCUT2D eigenvalue weighted by molar-refractivity contribution is 8.00. The number of fused-ring (bicyclic) bond motifs is 1. The van der Waals surface area contributed by atoms with E-state index in [2.05, 4.69) is 15.3 Å². The molecule has 0 saturated carbocycles. The van der Waals surface area contributed by atoms with Crippen molar-refractivity contribution in [1.82, 2.24) is 14.9 Å². The molecule has 86 valence electrons. The van der Waals surface area contributed by atoms with E-state index in [4.69, 9.17) is 5.11 Å². The average molecular weight is 240 g/mol. The first kappa shape index (κ1) is 11.1. The number of hydrogen-bond acceptors (Lipinski definition) is 5. The van der Waals surface area contributed by atoms with Gasteiger partial charge in [-0.05, 0) is 0 Å². The first-order valence-electron chi connectivity index (χ1n) is 4.79. The molecule has 1 aliphatic rings. The number of carboxylic acids is 1. The Balaban J connectivity index is 2.51. The molecule has 6 nitrogen and oxygen atoms in total. The lowest BCUT2D eigenvalue weighted by Crippen LogP contribution is -2.24. The predicted molar refractivity (Wildman–Crippen MR) is 59.9 cm³/mol. The SMILES string of the molecule is CC(C)(C)c1nnc2n1N=C(C(=O)O)CS2. The van der Waals surface area contributed by atoms with E-state index in [9.17, 15) is 4.79 Å². The summed E-state index contributed by atoms with van der Waals surface area (Å²) >= 11 is 1.34. The van der Waals surface area contributed by atoms with Crippen LogP contribution in [-0.2, 0) is 10.2 Å². The van der Waals surface area contributed by atoms with E-state index in [0.717, 1.165) is 0 Å². The number of aromatic nitrogens is 3. The van der Waals surface area contributed by atoms with E-state index in [1.807, 2.05) is 20.8 Å². The van der Waals surface area contributed by atoms with Crippen LogP contribution in [0.3, 0.4) is 0 Å². The molecule has 2 heterocycles. The smallest absolute Gasteiger partial charge is 0.352 e. The summed E-state index contributed by atoms with van der Waals surface area (Å²) in [6, 6.07) is 0. The molecular weight excluding hydrogens is 228 g/mol. The Morgan fingerprint density at radius 2 is 2.12 bits per heavy atom. The lowest BCUT2D eigenvalue weighted by molar-refractivity contribution is -0.129. The highest BCUT2D eigenvalue weighted by atomic mass is 32.2. The fraction of sp³-hybridized carbons (Fsp3) is 0.556. The van der Waals surface area contributed by atoms with Crippen molar-refractivity contribution in [2.75, 3.05) is 5.75 Å². The Labute approximate surface area is 96.8 Å². The lowest BCUT2D eigenvalue weighted by Gasteiger charge is -2.18. The van der Waals surface area contributed by atoms with Crippen LogP contribution in [0.1, 0.15) is 26.6 Å². The fourth-order valence-electron chi connectivity index (χ4n) is 1.30. The summed E-state index contributed by atoms with van der Waals surface area (Å²) in [5.74, 6) is 0.0117. The maximum absolute atomic E-state index is 10.8. The van der Waals surface area contributed by atoms with Crippen molar-refractivity contribution >= 4 is 23.4 Å². The third-order valence-electron chi connectivity index (χ3n) is 2.09. The maximum Gasteiger partial charge on any atom is 0.352 e. The number of nitrogens with zero attached hydrogens (tertiary/aromatic N) is 4. The van der Waals surface area contributed by atoms with Gasteiger partial charge in [-0.15, -0.1) is 10.2 Å². The van der Waals surface area contributed by atoms with Crippen molar-refractivity contribution < 1.29 is 9.90 Å². The molecule has 7 heteroatoms. The zero-order chi connectivity index (χ0) is 11.9. The van der Waals surface area contributed by atoms with Crippen LogP contribution < -0.4 is 0 Å². The lowest BCUT2D eigenvalue weighted by atomic mass is 9.96. The van der Waals surface area contributed by atoms with Crippen LogP contribution in [-0.4, -0.2) is 37.4 Å². The predicted octanol–water partition coefficient (Wildman–Crippen LogP) is 0.970. The van der Waals surface area contributed by atoms with Gasteiger partial charge in [-0.25, -0.2) is 4.79 Å². The van der Waals surface area contributed by atoms with E-state index in [1.54, 1.807) is 0 Å². The minimum atomic E-state index is -0.994. The van der Waals surface area contributed by atoms with Crippen molar-refractivity contribution in [2.24, 2.45) is 5.10 Å². The molecule has 0 aromatic carbocycles. The van der Waals surface area contributed by atoms with Crippen LogP contribution in [0.15, 0.2) is 10.3 Å². The molecular formula is C9H12N4O2S. The standard InChI is InChI=1S/C9H12N4O2S/c1-9(2,3)7-10-11-8-13(7)12-5(4-16-8)6(14)15/h4H2,1-3H3,(H,14,15). The molecule has 0 saturated heterocycles. The van der Waals surface area contributed by atoms with Crippen LogP contribution in [0.4, 0.5) is 0 Å². The molecule has 1 aromatic rings. The van der Waals surface area contributed by atoms with E-state index in [1.165, 1.54) is 16.4 Å². The Kier molecular flexibility index (Phi) is 2.49. The molecule has 1 N–H and O–H groups in total. The molecule has 0 spiro atoms. The zero-order valence-electron chi connectivity index (χ0n) is 9.26. The molecule has 16 heavy (non-hydrogen) atoms. The molecule has 0 atom stereocenters. The summed E-state index contributed by atoms with van der Waals surface area (Å²) in [5.41, 5.74) is -0.0844. The van der Waals surface area contributed by atoms with Crippen molar-refractivity contribution in [3.05, 3.63) is 5.82 Å². The second-order valence-corrected chi connectivity index (χ2v) is 5.45. The minimum Gasteiger partial charge on any atom is -0.477 e. The largest absolute Gasteiger partial charge is 0.477 e. The van der Waals surface area contributed by atoms with Gasteiger partial charge in [-0.2, -0.15) is 9.78 Å². The van der Waals surface area contributed by atoms with E-state index in [0.29, 0.717) is 16.7 Å². The summed E-state index contributed by atoms with van der Waals surface area (Å²) < 4.78 is 1.53. The van der Waals surface area contributed by atoms with Gasteiger partial charge >= 0.3 is 5.97 Å². The van der Waals surface area contributed by atoms with Crippen molar-refractivity contribution in [1.29, 1.82) is 0 Å². The monoisotopic (exact) mass is 240 g/mol. The fourth-order valence-corrected chi connectivity index (χ4v) is 2.10. The highest BCUT2D eigenvalue weighted by Gasteiger charge is 2.28. The average Bonchev–Trinajstić information content (AvgIpc) is 2.58. The van der Waals surface area contributed by atoms with Crippen molar-refractivity contribution in [3.63, 3.8) is 0 Å². The molecule has 0 bridgehead atoms. The third kappa shape index (κ3) is 1.82. The zero-order valence-corrected chi connectivity index (χ0v) is 10.1. The highest BCUT2D eigenvalue weighted by Crippen LogP contribution is 2.27. The summed E-state index contributed by atoms with van der Waals surface area (Å²) in [6.07, 6.45) is 0. The summed E-state index contributed by atoms with van der Waals surface area (Å²) in [5, 5.41) is 21.7. The number of hydrogen-bond donors (Lipinski definition) is 1. The second kappa shape index (κ2) is 3.58. The number of rotatable bonds is 1. The van der Waals surface area contributed by atoms with Gasteiger partial charge in [0.15, 0.2) is 11.5 Å². The van der Waals surface area contributed by atoms with Gasteiger partial charge in [0.25, 0.3) is 0 Å². The van der Waals surface area contributed by atoms with Crippen LogP contribution in [0, 0.1) is 0 Å². The molecule has 0 aliphatic carbocycles. The summed E-state index contributed by atoms with van der Waals surface area (Å²) in [4.78, 5) is 10.8.